The Morgan fingerprint density at radius 2 is 1.89 bits per heavy atom. The van der Waals surface area contributed by atoms with Crippen molar-refractivity contribution in [1.82, 2.24) is 9.80 Å². The summed E-state index contributed by atoms with van der Waals surface area (Å²) in [6.45, 7) is 8.55. The summed E-state index contributed by atoms with van der Waals surface area (Å²) in [5, 5.41) is 10.7. The maximum atomic E-state index is 12.3. The lowest BCUT2D eigenvalue weighted by Gasteiger charge is -2.46. The smallest absolute Gasteiger partial charge is 0.410 e. The molecule has 0 radical (unpaired) electrons. The van der Waals surface area contributed by atoms with Crippen molar-refractivity contribution >= 4 is 12.2 Å². The highest BCUT2D eigenvalue weighted by Crippen LogP contribution is 2.44. The Balaban J connectivity index is 1.35. The van der Waals surface area contributed by atoms with Crippen LogP contribution >= 0.6 is 0 Å². The van der Waals surface area contributed by atoms with Crippen LogP contribution in [0.15, 0.2) is 30.3 Å². The fourth-order valence-corrected chi connectivity index (χ4v) is 4.96. The molecule has 1 aromatic rings. The minimum atomic E-state index is -0.526. The molecule has 0 bridgehead atoms. The third-order valence-corrected chi connectivity index (χ3v) is 6.44. The molecule has 1 aliphatic carbocycles. The Labute approximate surface area is 168 Å². The summed E-state index contributed by atoms with van der Waals surface area (Å²) >= 11 is 0. The van der Waals surface area contributed by atoms with Gasteiger partial charge in [0, 0.05) is 18.0 Å². The average molecular weight is 385 g/mol. The van der Waals surface area contributed by atoms with Crippen LogP contribution in [0.25, 0.3) is 6.08 Å². The van der Waals surface area contributed by atoms with Crippen LogP contribution in [0.1, 0.15) is 51.2 Å². The summed E-state index contributed by atoms with van der Waals surface area (Å²) in [5.41, 5.74) is 2.46. The van der Waals surface area contributed by atoms with E-state index in [1.807, 2.05) is 20.8 Å². The van der Waals surface area contributed by atoms with Crippen molar-refractivity contribution in [2.45, 2.75) is 63.2 Å². The van der Waals surface area contributed by atoms with Gasteiger partial charge in [0.1, 0.15) is 5.60 Å². The molecule has 5 heteroatoms. The van der Waals surface area contributed by atoms with Gasteiger partial charge in [-0.3, -0.25) is 4.90 Å². The number of rotatable bonds is 1. The number of likely N-dealkylation sites (tertiary alicyclic amines) is 2. The number of carbonyl (C=O) groups is 1. The third kappa shape index (κ3) is 3.70. The molecule has 1 spiro atoms. The zero-order valence-electron chi connectivity index (χ0n) is 17.2. The molecule has 0 saturated carbocycles. The summed E-state index contributed by atoms with van der Waals surface area (Å²) in [4.78, 5) is 16.4. The predicted molar refractivity (Wildman–Crippen MR) is 110 cm³/mol. The fraction of sp³-hybridized carbons (Fsp3) is 0.609. The number of allylic oxidation sites excluding steroid dienone is 1. The minimum absolute atomic E-state index is 0.122. The summed E-state index contributed by atoms with van der Waals surface area (Å²) in [6, 6.07) is 8.82. The van der Waals surface area contributed by atoms with Crippen molar-refractivity contribution in [2.24, 2.45) is 0 Å². The lowest BCUT2D eigenvalue weighted by Crippen LogP contribution is -2.58. The first-order valence-corrected chi connectivity index (χ1v) is 10.5. The monoisotopic (exact) mass is 384 g/mol. The van der Waals surface area contributed by atoms with Crippen LogP contribution in [0, 0.1) is 0 Å². The molecule has 152 valence electrons. The Kier molecular flexibility index (Phi) is 5.00. The van der Waals surface area contributed by atoms with Crippen molar-refractivity contribution in [3.8, 4) is 0 Å². The lowest BCUT2D eigenvalue weighted by molar-refractivity contribution is -0.0361. The molecule has 3 aliphatic rings. The molecule has 2 atom stereocenters. The van der Waals surface area contributed by atoms with Gasteiger partial charge in [0.2, 0.25) is 0 Å². The van der Waals surface area contributed by atoms with Crippen LogP contribution in [-0.4, -0.2) is 64.9 Å². The number of fused-ring (bicyclic) bond motifs is 2. The number of hydrogen-bond donors (Lipinski definition) is 1. The van der Waals surface area contributed by atoms with Crippen molar-refractivity contribution in [2.75, 3.05) is 26.2 Å². The number of ether oxygens (including phenoxy) is 1. The van der Waals surface area contributed by atoms with Gasteiger partial charge in [-0.1, -0.05) is 36.4 Å². The van der Waals surface area contributed by atoms with Gasteiger partial charge in [-0.15, -0.1) is 0 Å². The Morgan fingerprint density at radius 3 is 2.57 bits per heavy atom. The zero-order chi connectivity index (χ0) is 19.9. The van der Waals surface area contributed by atoms with Crippen molar-refractivity contribution in [1.29, 1.82) is 0 Å². The van der Waals surface area contributed by atoms with E-state index in [-0.39, 0.29) is 17.6 Å². The molecule has 1 amide bonds. The third-order valence-electron chi connectivity index (χ3n) is 6.44. The number of piperidine rings is 2. The van der Waals surface area contributed by atoms with E-state index in [2.05, 4.69) is 41.3 Å². The lowest BCUT2D eigenvalue weighted by atomic mass is 9.74. The van der Waals surface area contributed by atoms with Crippen molar-refractivity contribution in [3.05, 3.63) is 41.5 Å². The maximum absolute atomic E-state index is 12.3. The number of aliphatic hydroxyl groups is 1. The first-order chi connectivity index (χ1) is 13.3. The van der Waals surface area contributed by atoms with Crippen LogP contribution in [0.4, 0.5) is 4.79 Å². The first kappa shape index (κ1) is 19.5. The quantitative estimate of drug-likeness (QED) is 0.806. The number of benzene rings is 1. The largest absolute Gasteiger partial charge is 0.444 e. The standard InChI is InChI=1S/C23H32N2O3/c1-22(2,3)28-21(27)25-13-9-19(20(26)16-25)24-14-11-23(12-15-24)10-8-17-6-4-5-7-18(17)23/h4-8,10,19-20,26H,9,11-16H2,1-3H3. The molecule has 2 aliphatic heterocycles. The summed E-state index contributed by atoms with van der Waals surface area (Å²) in [5.74, 6) is 0. The molecular formula is C23H32N2O3. The topological polar surface area (TPSA) is 53.0 Å². The van der Waals surface area contributed by atoms with Gasteiger partial charge in [0.15, 0.2) is 0 Å². The van der Waals surface area contributed by atoms with Gasteiger partial charge in [-0.2, -0.15) is 0 Å². The van der Waals surface area contributed by atoms with Crippen LogP contribution < -0.4 is 0 Å². The Morgan fingerprint density at radius 1 is 1.18 bits per heavy atom. The van der Waals surface area contributed by atoms with Crippen LogP contribution in [0.3, 0.4) is 0 Å². The number of amides is 1. The van der Waals surface area contributed by atoms with Gasteiger partial charge < -0.3 is 14.7 Å². The van der Waals surface area contributed by atoms with E-state index in [1.54, 1.807) is 4.90 Å². The Hall–Kier alpha value is -1.85. The molecule has 0 aromatic heterocycles. The Bertz CT molecular complexity index is 759. The van der Waals surface area contributed by atoms with Crippen LogP contribution in [-0.2, 0) is 10.2 Å². The van der Waals surface area contributed by atoms with Gasteiger partial charge in [0.25, 0.3) is 0 Å². The second-order valence-corrected chi connectivity index (χ2v) is 9.46. The molecule has 2 fully saturated rings. The highest BCUT2D eigenvalue weighted by Gasteiger charge is 2.42. The van der Waals surface area contributed by atoms with E-state index in [4.69, 9.17) is 4.74 Å². The average Bonchev–Trinajstić information content (AvgIpc) is 3.00. The van der Waals surface area contributed by atoms with Gasteiger partial charge in [-0.25, -0.2) is 4.79 Å². The maximum Gasteiger partial charge on any atom is 0.410 e. The molecule has 2 saturated heterocycles. The normalized spacial score (nSPS) is 27.1. The van der Waals surface area contributed by atoms with E-state index < -0.39 is 11.7 Å². The van der Waals surface area contributed by atoms with E-state index >= 15 is 0 Å². The zero-order valence-corrected chi connectivity index (χ0v) is 17.2. The molecule has 1 N–H and O–H groups in total. The minimum Gasteiger partial charge on any atom is -0.444 e. The molecule has 2 heterocycles. The number of aliphatic hydroxyl groups excluding tert-OH is 1. The van der Waals surface area contributed by atoms with Gasteiger partial charge in [-0.05, 0) is 64.3 Å². The van der Waals surface area contributed by atoms with E-state index in [0.717, 1.165) is 32.4 Å². The first-order valence-electron chi connectivity index (χ1n) is 10.5. The summed E-state index contributed by atoms with van der Waals surface area (Å²) in [7, 11) is 0. The molecule has 4 rings (SSSR count). The SMILES string of the molecule is CC(C)(C)OC(=O)N1CCC(N2CCC3(C=Cc4ccccc43)CC2)C(O)C1. The molecular weight excluding hydrogens is 352 g/mol. The van der Waals surface area contributed by atoms with E-state index in [0.29, 0.717) is 13.1 Å². The van der Waals surface area contributed by atoms with Gasteiger partial charge >= 0.3 is 6.09 Å². The molecule has 5 nitrogen and oxygen atoms in total. The highest BCUT2D eigenvalue weighted by atomic mass is 16.6. The highest BCUT2D eigenvalue weighted by molar-refractivity contribution is 5.68. The van der Waals surface area contributed by atoms with Crippen molar-refractivity contribution < 1.29 is 14.6 Å². The number of nitrogens with zero attached hydrogens (tertiary/aromatic N) is 2. The summed E-state index contributed by atoms with van der Waals surface area (Å²) in [6.07, 6.45) is 6.76. The number of carbonyl (C=O) groups excluding carboxylic acids is 1. The summed E-state index contributed by atoms with van der Waals surface area (Å²) < 4.78 is 5.46. The van der Waals surface area contributed by atoms with E-state index in [1.165, 1.54) is 11.1 Å². The number of β-amino-alcohol motifs (C(OH)–C–C–N with tert-alkyl or cyclic N) is 1. The number of hydrogen-bond acceptors (Lipinski definition) is 4. The predicted octanol–water partition coefficient (Wildman–Crippen LogP) is 3.42. The fourth-order valence-electron chi connectivity index (χ4n) is 4.96. The molecule has 28 heavy (non-hydrogen) atoms. The van der Waals surface area contributed by atoms with Gasteiger partial charge in [0.05, 0.1) is 12.6 Å². The second kappa shape index (κ2) is 7.20. The molecule has 2 unspecified atom stereocenters. The van der Waals surface area contributed by atoms with E-state index in [9.17, 15) is 9.90 Å². The second-order valence-electron chi connectivity index (χ2n) is 9.46. The van der Waals surface area contributed by atoms with Crippen LogP contribution in [0.2, 0.25) is 0 Å². The molecule has 1 aromatic carbocycles. The van der Waals surface area contributed by atoms with Crippen LogP contribution in [0.5, 0.6) is 0 Å². The van der Waals surface area contributed by atoms with Crippen molar-refractivity contribution in [3.63, 3.8) is 0 Å².